The summed E-state index contributed by atoms with van der Waals surface area (Å²) in [7, 11) is 0. The molecule has 8 heteroatoms. The van der Waals surface area contributed by atoms with Crippen LogP contribution in [0.5, 0.6) is 0 Å². The first-order valence-electron chi connectivity index (χ1n) is 9.33. The zero-order chi connectivity index (χ0) is 20.9. The van der Waals surface area contributed by atoms with Gasteiger partial charge in [-0.2, -0.15) is 18.4 Å². The maximum atomic E-state index is 12.9. The van der Waals surface area contributed by atoms with E-state index in [1.54, 1.807) is 4.90 Å². The van der Waals surface area contributed by atoms with Crippen molar-refractivity contribution in [2.24, 2.45) is 11.8 Å². The molecule has 0 aliphatic carbocycles. The minimum atomic E-state index is -4.53. The van der Waals surface area contributed by atoms with Gasteiger partial charge in [0.05, 0.1) is 17.6 Å². The Bertz CT molecular complexity index is 758. The number of likely N-dealkylation sites (tertiary alicyclic amines) is 1. The molecule has 5 nitrogen and oxygen atoms in total. The van der Waals surface area contributed by atoms with E-state index in [0.717, 1.165) is 12.1 Å². The van der Waals surface area contributed by atoms with Gasteiger partial charge in [-0.3, -0.25) is 9.59 Å². The number of alkyl halides is 3. The third-order valence-electron chi connectivity index (χ3n) is 5.10. The van der Waals surface area contributed by atoms with Crippen molar-refractivity contribution in [3.05, 3.63) is 35.4 Å². The number of hydrogen-bond donors (Lipinski definition) is 1. The van der Waals surface area contributed by atoms with E-state index >= 15 is 0 Å². The third kappa shape index (κ3) is 5.24. The summed E-state index contributed by atoms with van der Waals surface area (Å²) >= 11 is 0. The molecule has 0 radical (unpaired) electrons. The molecule has 0 spiro atoms. The summed E-state index contributed by atoms with van der Waals surface area (Å²) in [6, 6.07) is 5.04. The minimum Gasteiger partial charge on any atom is -0.342 e. The molecule has 2 amide bonds. The minimum absolute atomic E-state index is 0.00490. The summed E-state index contributed by atoms with van der Waals surface area (Å²) in [5.41, 5.74) is -0.795. The number of halogens is 3. The lowest BCUT2D eigenvalue weighted by atomic mass is 9.94. The Morgan fingerprint density at radius 2 is 2.11 bits per heavy atom. The van der Waals surface area contributed by atoms with Crippen LogP contribution < -0.4 is 5.32 Å². The first-order valence-corrected chi connectivity index (χ1v) is 9.33. The number of hydrogen-bond acceptors (Lipinski definition) is 3. The van der Waals surface area contributed by atoms with Crippen LogP contribution in [0.25, 0.3) is 0 Å². The van der Waals surface area contributed by atoms with Gasteiger partial charge < -0.3 is 10.2 Å². The van der Waals surface area contributed by atoms with Gasteiger partial charge >= 0.3 is 6.18 Å². The molecule has 152 valence electrons. The fraction of sp³-hybridized carbons (Fsp3) is 0.550. The molecule has 1 saturated heterocycles. The summed E-state index contributed by atoms with van der Waals surface area (Å²) in [5.74, 6) is -1.04. The normalized spacial score (nSPS) is 19.4. The van der Waals surface area contributed by atoms with E-state index in [2.05, 4.69) is 5.32 Å². The molecule has 28 heavy (non-hydrogen) atoms. The largest absolute Gasteiger partial charge is 0.416 e. The van der Waals surface area contributed by atoms with Crippen molar-refractivity contribution in [3.63, 3.8) is 0 Å². The van der Waals surface area contributed by atoms with Crippen LogP contribution in [0.1, 0.15) is 50.3 Å². The average molecular weight is 395 g/mol. The van der Waals surface area contributed by atoms with Crippen molar-refractivity contribution in [3.8, 4) is 6.07 Å². The lowest BCUT2D eigenvalue weighted by molar-refractivity contribution is -0.139. The zero-order valence-corrected chi connectivity index (χ0v) is 15.9. The van der Waals surface area contributed by atoms with Crippen LogP contribution in [0.3, 0.4) is 0 Å². The van der Waals surface area contributed by atoms with Gasteiger partial charge in [-0.25, -0.2) is 0 Å². The molecule has 0 bridgehead atoms. The quantitative estimate of drug-likeness (QED) is 0.827. The van der Waals surface area contributed by atoms with Crippen molar-refractivity contribution < 1.29 is 22.8 Å². The molecule has 1 fully saturated rings. The van der Waals surface area contributed by atoms with Gasteiger partial charge in [-0.15, -0.1) is 0 Å². The molecule has 2 rings (SSSR count). The predicted octanol–water partition coefficient (Wildman–Crippen LogP) is 3.67. The van der Waals surface area contributed by atoms with E-state index in [4.69, 9.17) is 0 Å². The van der Waals surface area contributed by atoms with E-state index in [1.165, 1.54) is 12.1 Å². The Hall–Kier alpha value is -2.56. The summed E-state index contributed by atoms with van der Waals surface area (Å²) in [6.07, 6.45) is -2.59. The van der Waals surface area contributed by atoms with Crippen LogP contribution in [-0.2, 0) is 15.8 Å². The Labute approximate surface area is 162 Å². The van der Waals surface area contributed by atoms with E-state index in [0.29, 0.717) is 25.8 Å². The van der Waals surface area contributed by atoms with Gasteiger partial charge in [-0.1, -0.05) is 26.0 Å². The maximum Gasteiger partial charge on any atom is 0.416 e. The zero-order valence-electron chi connectivity index (χ0n) is 15.9. The highest BCUT2D eigenvalue weighted by Crippen LogP contribution is 2.31. The number of carbonyl (C=O) groups excluding carboxylic acids is 2. The van der Waals surface area contributed by atoms with Crippen LogP contribution in [0.15, 0.2) is 24.3 Å². The molecule has 1 aliphatic rings. The Morgan fingerprint density at radius 3 is 2.71 bits per heavy atom. The number of rotatable bonds is 5. The van der Waals surface area contributed by atoms with Gasteiger partial charge in [0.25, 0.3) is 0 Å². The molecular formula is C20H24F3N3O2. The number of benzene rings is 1. The molecular weight excluding hydrogens is 371 g/mol. The van der Waals surface area contributed by atoms with Crippen LogP contribution >= 0.6 is 0 Å². The number of carbonyl (C=O) groups is 2. The second-order valence-electron chi connectivity index (χ2n) is 7.13. The van der Waals surface area contributed by atoms with Crippen molar-refractivity contribution in [1.82, 2.24) is 10.2 Å². The van der Waals surface area contributed by atoms with Gasteiger partial charge in [0, 0.05) is 19.0 Å². The van der Waals surface area contributed by atoms with Crippen LogP contribution in [0.2, 0.25) is 0 Å². The fourth-order valence-electron chi connectivity index (χ4n) is 3.22. The number of amides is 2. The van der Waals surface area contributed by atoms with E-state index in [9.17, 15) is 28.0 Å². The van der Waals surface area contributed by atoms with Gasteiger partial charge in [0.2, 0.25) is 11.8 Å². The van der Waals surface area contributed by atoms with Crippen molar-refractivity contribution in [2.45, 2.75) is 45.3 Å². The van der Waals surface area contributed by atoms with E-state index in [1.807, 2.05) is 19.9 Å². The number of piperidine rings is 1. The Kier molecular flexibility index (Phi) is 7.05. The summed E-state index contributed by atoms with van der Waals surface area (Å²) in [4.78, 5) is 26.6. The Balaban J connectivity index is 2.08. The second-order valence-corrected chi connectivity index (χ2v) is 7.13. The molecule has 1 aliphatic heterocycles. The highest BCUT2D eigenvalue weighted by atomic mass is 19.4. The van der Waals surface area contributed by atoms with E-state index in [-0.39, 0.29) is 23.9 Å². The number of nitrogens with one attached hydrogen (secondary N) is 1. The van der Waals surface area contributed by atoms with Crippen molar-refractivity contribution in [2.75, 3.05) is 13.1 Å². The fourth-order valence-corrected chi connectivity index (χ4v) is 3.22. The first-order chi connectivity index (χ1) is 13.2. The smallest absolute Gasteiger partial charge is 0.342 e. The lowest BCUT2D eigenvalue weighted by Crippen LogP contribution is -2.47. The van der Waals surface area contributed by atoms with Crippen LogP contribution in [0, 0.1) is 23.2 Å². The lowest BCUT2D eigenvalue weighted by Gasteiger charge is -2.34. The van der Waals surface area contributed by atoms with E-state index < -0.39 is 29.6 Å². The van der Waals surface area contributed by atoms with Gasteiger partial charge in [0.15, 0.2) is 0 Å². The number of nitriles is 1. The maximum absolute atomic E-state index is 12.9. The molecule has 1 aromatic rings. The molecule has 0 saturated carbocycles. The predicted molar refractivity (Wildman–Crippen MR) is 96.7 cm³/mol. The van der Waals surface area contributed by atoms with Gasteiger partial charge in [0.1, 0.15) is 6.04 Å². The standard InChI is InChI=1S/C20H24F3N3O2/c1-3-13(2)19(28)26-9-5-7-15(12-26)18(27)25-17(11-24)14-6-4-8-16(10-14)20(21,22)23/h4,6,8,10,13,15,17H,3,5,7,9,12H2,1-2H3,(H,25,27). The second kappa shape index (κ2) is 9.09. The topological polar surface area (TPSA) is 73.2 Å². The summed E-state index contributed by atoms with van der Waals surface area (Å²) in [5, 5.41) is 11.9. The van der Waals surface area contributed by atoms with Crippen LogP contribution in [-0.4, -0.2) is 29.8 Å². The monoisotopic (exact) mass is 395 g/mol. The average Bonchev–Trinajstić information content (AvgIpc) is 2.70. The molecule has 3 unspecified atom stereocenters. The SMILES string of the molecule is CCC(C)C(=O)N1CCCC(C(=O)NC(C#N)c2cccc(C(F)(F)F)c2)C1. The number of nitrogens with zero attached hydrogens (tertiary/aromatic N) is 2. The molecule has 3 atom stereocenters. The summed E-state index contributed by atoms with van der Waals surface area (Å²) < 4.78 is 38.7. The molecule has 1 N–H and O–H groups in total. The van der Waals surface area contributed by atoms with Crippen molar-refractivity contribution >= 4 is 11.8 Å². The Morgan fingerprint density at radius 1 is 1.39 bits per heavy atom. The molecule has 1 heterocycles. The van der Waals surface area contributed by atoms with Crippen LogP contribution in [0.4, 0.5) is 13.2 Å². The highest BCUT2D eigenvalue weighted by Gasteiger charge is 2.33. The molecule has 0 aromatic heterocycles. The molecule has 1 aromatic carbocycles. The summed E-state index contributed by atoms with van der Waals surface area (Å²) in [6.45, 7) is 4.60. The van der Waals surface area contributed by atoms with Crippen molar-refractivity contribution in [1.29, 1.82) is 5.26 Å². The third-order valence-corrected chi connectivity index (χ3v) is 5.10. The van der Waals surface area contributed by atoms with Gasteiger partial charge in [-0.05, 0) is 37.0 Å². The first kappa shape index (κ1) is 21.7. The highest BCUT2D eigenvalue weighted by molar-refractivity contribution is 5.82.